The summed E-state index contributed by atoms with van der Waals surface area (Å²) < 4.78 is 48.8. The van der Waals surface area contributed by atoms with Crippen molar-refractivity contribution in [2.75, 3.05) is 5.32 Å². The maximum Gasteiger partial charge on any atom is 0.261 e. The minimum atomic E-state index is -3.65. The zero-order valence-electron chi connectivity index (χ0n) is 11.2. The van der Waals surface area contributed by atoms with Crippen molar-refractivity contribution in [3.63, 3.8) is 0 Å². The Hall–Kier alpha value is -2.32. The summed E-state index contributed by atoms with van der Waals surface area (Å²) in [6.07, 6.45) is 0. The molecule has 0 saturated carbocycles. The Labute approximate surface area is 125 Å². The third kappa shape index (κ3) is 4.09. The monoisotopic (exact) mass is 326 g/mol. The van der Waals surface area contributed by atoms with Crippen LogP contribution in [0.25, 0.3) is 0 Å². The van der Waals surface area contributed by atoms with Crippen LogP contribution in [0.1, 0.15) is 15.9 Å². The highest BCUT2D eigenvalue weighted by molar-refractivity contribution is 7.88. The van der Waals surface area contributed by atoms with Crippen LogP contribution in [-0.4, -0.2) is 14.3 Å². The summed E-state index contributed by atoms with van der Waals surface area (Å²) in [6.45, 7) is 0. The van der Waals surface area contributed by atoms with E-state index in [1.165, 1.54) is 24.3 Å². The average Bonchev–Trinajstić information content (AvgIpc) is 2.39. The van der Waals surface area contributed by atoms with Gasteiger partial charge in [-0.3, -0.25) is 4.79 Å². The fourth-order valence-corrected chi connectivity index (χ4v) is 2.48. The summed E-state index contributed by atoms with van der Waals surface area (Å²) >= 11 is 0. The molecule has 8 heteroatoms. The number of halogens is 2. The van der Waals surface area contributed by atoms with Crippen LogP contribution in [0.3, 0.4) is 0 Å². The third-order valence-corrected chi connectivity index (χ3v) is 3.51. The van der Waals surface area contributed by atoms with Gasteiger partial charge in [0.15, 0.2) is 0 Å². The lowest BCUT2D eigenvalue weighted by Gasteiger charge is -2.08. The number of hydrogen-bond acceptors (Lipinski definition) is 3. The SMILES string of the molecule is NS(=O)(=O)Cc1ccc(NC(=O)c2c(F)cccc2F)cc1. The van der Waals surface area contributed by atoms with Crippen LogP contribution < -0.4 is 10.5 Å². The number of carbonyl (C=O) groups excluding carboxylic acids is 1. The maximum atomic E-state index is 13.5. The van der Waals surface area contributed by atoms with Gasteiger partial charge in [0.1, 0.15) is 17.2 Å². The highest BCUT2D eigenvalue weighted by Gasteiger charge is 2.17. The first kappa shape index (κ1) is 16.1. The molecule has 0 unspecified atom stereocenters. The van der Waals surface area contributed by atoms with Crippen LogP contribution in [0.4, 0.5) is 14.5 Å². The van der Waals surface area contributed by atoms with Gasteiger partial charge in [0.25, 0.3) is 5.91 Å². The van der Waals surface area contributed by atoms with Gasteiger partial charge in [-0.05, 0) is 29.8 Å². The Bertz CT molecular complexity index is 785. The molecule has 0 aromatic heterocycles. The molecule has 0 spiro atoms. The van der Waals surface area contributed by atoms with E-state index in [0.717, 1.165) is 18.2 Å². The van der Waals surface area contributed by atoms with Gasteiger partial charge in [0, 0.05) is 5.69 Å². The van der Waals surface area contributed by atoms with E-state index in [2.05, 4.69) is 5.32 Å². The number of nitrogens with one attached hydrogen (secondary N) is 1. The van der Waals surface area contributed by atoms with Gasteiger partial charge in [-0.1, -0.05) is 18.2 Å². The number of amides is 1. The molecule has 0 bridgehead atoms. The van der Waals surface area contributed by atoms with Crippen molar-refractivity contribution in [3.8, 4) is 0 Å². The summed E-state index contributed by atoms with van der Waals surface area (Å²) in [5.74, 6) is -3.22. The Morgan fingerprint density at radius 1 is 1.05 bits per heavy atom. The standard InChI is InChI=1S/C14H12F2N2O3S/c15-11-2-1-3-12(16)13(11)14(19)18-10-6-4-9(5-7-10)8-22(17,20)21/h1-7H,8H2,(H,18,19)(H2,17,20,21). The lowest BCUT2D eigenvalue weighted by Crippen LogP contribution is -2.16. The van der Waals surface area contributed by atoms with Crippen molar-refractivity contribution < 1.29 is 22.0 Å². The zero-order chi connectivity index (χ0) is 16.3. The molecule has 3 N–H and O–H groups in total. The van der Waals surface area contributed by atoms with E-state index < -0.39 is 33.1 Å². The summed E-state index contributed by atoms with van der Waals surface area (Å²) in [4.78, 5) is 11.9. The molecule has 0 heterocycles. The quantitative estimate of drug-likeness (QED) is 0.900. The van der Waals surface area contributed by atoms with E-state index in [4.69, 9.17) is 5.14 Å². The summed E-state index contributed by atoms with van der Waals surface area (Å²) in [6, 6.07) is 8.83. The van der Waals surface area contributed by atoms with Crippen molar-refractivity contribution in [1.82, 2.24) is 0 Å². The molecule has 0 aliphatic carbocycles. The molecule has 0 atom stereocenters. The van der Waals surface area contributed by atoms with E-state index in [9.17, 15) is 22.0 Å². The molecule has 1 amide bonds. The molecule has 0 aliphatic heterocycles. The molecular weight excluding hydrogens is 314 g/mol. The number of sulfonamides is 1. The van der Waals surface area contributed by atoms with E-state index >= 15 is 0 Å². The van der Waals surface area contributed by atoms with E-state index in [0.29, 0.717) is 5.56 Å². The molecule has 0 aliphatic rings. The molecule has 2 rings (SSSR count). The Morgan fingerprint density at radius 2 is 1.59 bits per heavy atom. The molecule has 116 valence electrons. The van der Waals surface area contributed by atoms with Gasteiger partial charge in [0.2, 0.25) is 10.0 Å². The largest absolute Gasteiger partial charge is 0.322 e. The first-order valence-electron chi connectivity index (χ1n) is 6.11. The van der Waals surface area contributed by atoms with Gasteiger partial charge in [-0.2, -0.15) is 0 Å². The van der Waals surface area contributed by atoms with Crippen LogP contribution in [0.5, 0.6) is 0 Å². The lowest BCUT2D eigenvalue weighted by atomic mass is 10.1. The number of carbonyl (C=O) groups is 1. The minimum Gasteiger partial charge on any atom is -0.322 e. The highest BCUT2D eigenvalue weighted by atomic mass is 32.2. The smallest absolute Gasteiger partial charge is 0.261 e. The number of hydrogen-bond donors (Lipinski definition) is 2. The van der Waals surface area contributed by atoms with E-state index in [1.807, 2.05) is 0 Å². The fraction of sp³-hybridized carbons (Fsp3) is 0.0714. The summed E-state index contributed by atoms with van der Waals surface area (Å²) in [5.41, 5.74) is 0.0134. The Morgan fingerprint density at radius 3 is 2.09 bits per heavy atom. The number of primary sulfonamides is 1. The van der Waals surface area contributed by atoms with Gasteiger partial charge in [0.05, 0.1) is 5.75 Å². The predicted molar refractivity (Wildman–Crippen MR) is 77.6 cm³/mol. The van der Waals surface area contributed by atoms with Crippen LogP contribution in [-0.2, 0) is 15.8 Å². The average molecular weight is 326 g/mol. The number of nitrogens with two attached hydrogens (primary N) is 1. The molecule has 2 aromatic carbocycles. The minimum absolute atomic E-state index is 0.269. The van der Waals surface area contributed by atoms with Crippen LogP contribution in [0.2, 0.25) is 0 Å². The third-order valence-electron chi connectivity index (χ3n) is 2.77. The van der Waals surface area contributed by atoms with Crippen LogP contribution in [0, 0.1) is 11.6 Å². The van der Waals surface area contributed by atoms with E-state index in [1.54, 1.807) is 0 Å². The predicted octanol–water partition coefficient (Wildman–Crippen LogP) is 2.01. The van der Waals surface area contributed by atoms with E-state index in [-0.39, 0.29) is 11.4 Å². The second-order valence-corrected chi connectivity index (χ2v) is 6.17. The molecule has 22 heavy (non-hydrogen) atoms. The zero-order valence-corrected chi connectivity index (χ0v) is 12.0. The molecular formula is C14H12F2N2O3S. The molecule has 0 radical (unpaired) electrons. The fourth-order valence-electron chi connectivity index (χ4n) is 1.82. The molecule has 0 fully saturated rings. The summed E-state index contributed by atoms with van der Waals surface area (Å²) in [5, 5.41) is 7.24. The van der Waals surface area contributed by atoms with Crippen molar-refractivity contribution in [2.45, 2.75) is 5.75 Å². The maximum absolute atomic E-state index is 13.5. The molecule has 0 saturated heterocycles. The van der Waals surface area contributed by atoms with Crippen molar-refractivity contribution >= 4 is 21.6 Å². The topological polar surface area (TPSA) is 89.3 Å². The van der Waals surface area contributed by atoms with Gasteiger partial charge in [-0.25, -0.2) is 22.3 Å². The lowest BCUT2D eigenvalue weighted by molar-refractivity contribution is 0.101. The second-order valence-electron chi connectivity index (χ2n) is 4.55. The highest BCUT2D eigenvalue weighted by Crippen LogP contribution is 2.16. The number of anilines is 1. The Kier molecular flexibility index (Phi) is 4.53. The normalized spacial score (nSPS) is 11.2. The van der Waals surface area contributed by atoms with Crippen molar-refractivity contribution in [3.05, 3.63) is 65.2 Å². The van der Waals surface area contributed by atoms with Gasteiger partial charge >= 0.3 is 0 Å². The molecule has 2 aromatic rings. The van der Waals surface area contributed by atoms with Crippen molar-refractivity contribution in [1.29, 1.82) is 0 Å². The van der Waals surface area contributed by atoms with Crippen LogP contribution in [0.15, 0.2) is 42.5 Å². The first-order valence-corrected chi connectivity index (χ1v) is 7.82. The van der Waals surface area contributed by atoms with Crippen molar-refractivity contribution in [2.24, 2.45) is 5.14 Å². The van der Waals surface area contributed by atoms with Gasteiger partial charge < -0.3 is 5.32 Å². The second kappa shape index (κ2) is 6.20. The molecule has 5 nitrogen and oxygen atoms in total. The first-order chi connectivity index (χ1) is 10.3. The Balaban J connectivity index is 2.16. The number of rotatable bonds is 4. The number of benzene rings is 2. The van der Waals surface area contributed by atoms with Crippen LogP contribution >= 0.6 is 0 Å². The van der Waals surface area contributed by atoms with Gasteiger partial charge in [-0.15, -0.1) is 0 Å². The summed E-state index contributed by atoms with van der Waals surface area (Å²) in [7, 11) is -3.65.